The predicted molar refractivity (Wildman–Crippen MR) is 108 cm³/mol. The summed E-state index contributed by atoms with van der Waals surface area (Å²) in [5.74, 6) is 0.335. The van der Waals surface area contributed by atoms with Gasteiger partial charge in [0.15, 0.2) is 0 Å². The summed E-state index contributed by atoms with van der Waals surface area (Å²) in [5.41, 5.74) is 2.55. The van der Waals surface area contributed by atoms with Gasteiger partial charge in [0.05, 0.1) is 12.7 Å². The topological polar surface area (TPSA) is 47.4 Å². The number of benzene rings is 2. The van der Waals surface area contributed by atoms with E-state index in [1.165, 1.54) is 11.1 Å². The second-order valence-electron chi connectivity index (χ2n) is 7.15. The number of carbonyl (C=O) groups excluding carboxylic acids is 1. The van der Waals surface area contributed by atoms with Crippen molar-refractivity contribution >= 4 is 5.91 Å². The Morgan fingerprint density at radius 1 is 1.04 bits per heavy atom. The molecule has 1 atom stereocenters. The summed E-state index contributed by atoms with van der Waals surface area (Å²) < 4.78 is 7.72. The molecule has 0 radical (unpaired) electrons. The van der Waals surface area contributed by atoms with E-state index in [0.29, 0.717) is 19.7 Å². The van der Waals surface area contributed by atoms with Crippen LogP contribution in [0, 0.1) is 0 Å². The minimum atomic E-state index is 0.0146. The summed E-state index contributed by atoms with van der Waals surface area (Å²) in [5, 5.41) is 4.14. The van der Waals surface area contributed by atoms with Gasteiger partial charge in [-0.25, -0.2) is 0 Å². The molecule has 0 spiro atoms. The van der Waals surface area contributed by atoms with Gasteiger partial charge in [-0.05, 0) is 23.6 Å². The summed E-state index contributed by atoms with van der Waals surface area (Å²) >= 11 is 0. The van der Waals surface area contributed by atoms with E-state index in [1.54, 1.807) is 10.9 Å². The maximum atomic E-state index is 12.6. The molecule has 0 unspecified atom stereocenters. The van der Waals surface area contributed by atoms with E-state index < -0.39 is 0 Å². The third-order valence-corrected chi connectivity index (χ3v) is 5.25. The predicted octanol–water partition coefficient (Wildman–Crippen LogP) is 3.33. The van der Waals surface area contributed by atoms with E-state index >= 15 is 0 Å². The van der Waals surface area contributed by atoms with Gasteiger partial charge in [-0.3, -0.25) is 9.48 Å². The third kappa shape index (κ3) is 4.49. The van der Waals surface area contributed by atoms with Gasteiger partial charge in [0, 0.05) is 31.4 Å². The van der Waals surface area contributed by atoms with Crippen LogP contribution in [0.5, 0.6) is 0 Å². The molecule has 1 amide bonds. The molecule has 1 fully saturated rings. The van der Waals surface area contributed by atoms with Crippen LogP contribution in [0.15, 0.2) is 79.1 Å². The van der Waals surface area contributed by atoms with Gasteiger partial charge in [0.2, 0.25) is 5.91 Å². The molecule has 4 rings (SSSR count). The molecular weight excluding hydrogens is 350 g/mol. The summed E-state index contributed by atoms with van der Waals surface area (Å²) in [7, 11) is 0. The lowest BCUT2D eigenvalue weighted by Gasteiger charge is -2.35. The highest BCUT2D eigenvalue weighted by Crippen LogP contribution is 2.30. The van der Waals surface area contributed by atoms with Crippen LogP contribution >= 0.6 is 0 Å². The minimum Gasteiger partial charge on any atom is -0.375 e. The van der Waals surface area contributed by atoms with E-state index in [9.17, 15) is 4.79 Å². The molecule has 1 saturated heterocycles. The van der Waals surface area contributed by atoms with Gasteiger partial charge < -0.3 is 9.64 Å². The Morgan fingerprint density at radius 3 is 2.32 bits per heavy atom. The number of amides is 1. The number of carbonyl (C=O) groups is 1. The van der Waals surface area contributed by atoms with Crippen molar-refractivity contribution < 1.29 is 9.53 Å². The summed E-state index contributed by atoms with van der Waals surface area (Å²) in [6, 6.07) is 22.9. The zero-order chi connectivity index (χ0) is 19.2. The van der Waals surface area contributed by atoms with Gasteiger partial charge in [-0.2, -0.15) is 5.10 Å². The molecule has 3 aromatic rings. The molecular formula is C23H25N3O2. The molecule has 1 aliphatic rings. The zero-order valence-corrected chi connectivity index (χ0v) is 15.9. The van der Waals surface area contributed by atoms with Crippen LogP contribution in [0.3, 0.4) is 0 Å². The number of hydrogen-bond acceptors (Lipinski definition) is 3. The van der Waals surface area contributed by atoms with Crippen LogP contribution < -0.4 is 0 Å². The lowest BCUT2D eigenvalue weighted by Crippen LogP contribution is -2.47. The smallest absolute Gasteiger partial charge is 0.244 e. The van der Waals surface area contributed by atoms with Crippen molar-refractivity contribution in [1.29, 1.82) is 0 Å². The van der Waals surface area contributed by atoms with Crippen LogP contribution in [-0.4, -0.2) is 46.4 Å². The third-order valence-electron chi connectivity index (χ3n) is 5.25. The first-order valence-corrected chi connectivity index (χ1v) is 9.76. The van der Waals surface area contributed by atoms with Gasteiger partial charge in [-0.15, -0.1) is 0 Å². The number of aromatic nitrogens is 2. The van der Waals surface area contributed by atoms with Gasteiger partial charge in [0.25, 0.3) is 0 Å². The lowest BCUT2D eigenvalue weighted by molar-refractivity contribution is -0.139. The van der Waals surface area contributed by atoms with Crippen LogP contribution in [0.4, 0.5) is 0 Å². The van der Waals surface area contributed by atoms with E-state index in [4.69, 9.17) is 4.74 Å². The Bertz CT molecular complexity index is 826. The zero-order valence-electron chi connectivity index (χ0n) is 15.9. The molecule has 28 heavy (non-hydrogen) atoms. The highest BCUT2D eigenvalue weighted by Gasteiger charge is 2.28. The molecule has 5 heteroatoms. The normalized spacial score (nSPS) is 17.0. The quantitative estimate of drug-likeness (QED) is 0.664. The molecule has 5 nitrogen and oxygen atoms in total. The second-order valence-corrected chi connectivity index (χ2v) is 7.15. The van der Waals surface area contributed by atoms with E-state index in [2.05, 4.69) is 53.6 Å². The average Bonchev–Trinajstić information content (AvgIpc) is 3.26. The van der Waals surface area contributed by atoms with E-state index in [-0.39, 0.29) is 24.5 Å². The molecule has 0 aliphatic carbocycles. The SMILES string of the molecule is O=C(Cn1cccn1)N1CCO[C@H](CC(c2ccccc2)c2ccccc2)C1. The van der Waals surface area contributed by atoms with E-state index in [1.807, 2.05) is 29.3 Å². The van der Waals surface area contributed by atoms with Gasteiger partial charge >= 0.3 is 0 Å². The molecule has 2 heterocycles. The Morgan fingerprint density at radius 2 is 1.71 bits per heavy atom. The van der Waals surface area contributed by atoms with Crippen LogP contribution in [0.25, 0.3) is 0 Å². The Kier molecular flexibility index (Phi) is 5.83. The first-order valence-electron chi connectivity index (χ1n) is 9.76. The molecule has 0 bridgehead atoms. The number of nitrogens with zero attached hydrogens (tertiary/aromatic N) is 3. The fraction of sp³-hybridized carbons (Fsp3) is 0.304. The highest BCUT2D eigenvalue weighted by atomic mass is 16.5. The van der Waals surface area contributed by atoms with Gasteiger partial charge in [-0.1, -0.05) is 60.7 Å². The monoisotopic (exact) mass is 375 g/mol. The van der Waals surface area contributed by atoms with Crippen LogP contribution in [0.2, 0.25) is 0 Å². The molecule has 2 aromatic carbocycles. The minimum absolute atomic E-state index is 0.0146. The number of morpholine rings is 1. The van der Waals surface area contributed by atoms with Crippen molar-refractivity contribution in [2.24, 2.45) is 0 Å². The van der Waals surface area contributed by atoms with Crippen molar-refractivity contribution in [1.82, 2.24) is 14.7 Å². The van der Waals surface area contributed by atoms with Crippen molar-refractivity contribution in [3.05, 3.63) is 90.3 Å². The highest BCUT2D eigenvalue weighted by molar-refractivity contribution is 5.76. The molecule has 0 N–H and O–H groups in total. The van der Waals surface area contributed by atoms with Crippen molar-refractivity contribution in [3.8, 4) is 0 Å². The fourth-order valence-corrected chi connectivity index (χ4v) is 3.82. The van der Waals surface area contributed by atoms with Crippen LogP contribution in [-0.2, 0) is 16.1 Å². The number of ether oxygens (including phenoxy) is 1. The molecule has 1 aromatic heterocycles. The summed E-state index contributed by atoms with van der Waals surface area (Å²) in [6.07, 6.45) is 4.37. The van der Waals surface area contributed by atoms with E-state index in [0.717, 1.165) is 6.42 Å². The number of rotatable bonds is 6. The Hall–Kier alpha value is -2.92. The maximum absolute atomic E-state index is 12.6. The van der Waals surface area contributed by atoms with Crippen molar-refractivity contribution in [2.75, 3.05) is 19.7 Å². The average molecular weight is 375 g/mol. The van der Waals surface area contributed by atoms with Crippen molar-refractivity contribution in [2.45, 2.75) is 25.0 Å². The first kappa shape index (κ1) is 18.4. The summed E-state index contributed by atoms with van der Waals surface area (Å²) in [6.45, 7) is 2.11. The summed E-state index contributed by atoms with van der Waals surface area (Å²) in [4.78, 5) is 14.6. The fourth-order valence-electron chi connectivity index (χ4n) is 3.82. The van der Waals surface area contributed by atoms with Crippen LogP contribution in [0.1, 0.15) is 23.5 Å². The Balaban J connectivity index is 1.46. The molecule has 0 saturated carbocycles. The standard InChI is InChI=1S/C23H25N3O2/c27-23(18-26-13-7-12-24-26)25-14-15-28-21(17-25)16-22(19-8-3-1-4-9-19)20-10-5-2-6-11-20/h1-13,21-22H,14-18H2/t21-/m1/s1. The van der Waals surface area contributed by atoms with Crippen molar-refractivity contribution in [3.63, 3.8) is 0 Å². The molecule has 1 aliphatic heterocycles. The first-order chi connectivity index (χ1) is 13.8. The second kappa shape index (κ2) is 8.85. The Labute approximate surface area is 165 Å². The maximum Gasteiger partial charge on any atom is 0.244 e. The number of hydrogen-bond donors (Lipinski definition) is 0. The lowest BCUT2D eigenvalue weighted by atomic mass is 9.86. The molecule has 144 valence electrons. The largest absolute Gasteiger partial charge is 0.375 e. The van der Waals surface area contributed by atoms with Gasteiger partial charge in [0.1, 0.15) is 6.54 Å².